The Hall–Kier alpha value is -0.650. The SMILES string of the molecule is CCCNC(C)c1sc(N2CCN3CCCC3C2)nc1C. The third kappa shape index (κ3) is 3.25. The summed E-state index contributed by atoms with van der Waals surface area (Å²) in [6.45, 7) is 12.5. The molecule has 0 aromatic carbocycles. The average Bonchev–Trinajstić information content (AvgIpc) is 3.10. The summed E-state index contributed by atoms with van der Waals surface area (Å²) >= 11 is 1.89. The molecule has 0 bridgehead atoms. The third-order valence-corrected chi connectivity index (χ3v) is 6.17. The van der Waals surface area contributed by atoms with Gasteiger partial charge >= 0.3 is 0 Å². The van der Waals surface area contributed by atoms with Crippen LogP contribution in [0.5, 0.6) is 0 Å². The number of aryl methyl sites for hydroxylation is 1. The molecule has 0 amide bonds. The van der Waals surface area contributed by atoms with Gasteiger partial charge in [-0.2, -0.15) is 0 Å². The molecular formula is C16H28N4S. The molecule has 1 aromatic rings. The second-order valence-electron chi connectivity index (χ2n) is 6.40. The van der Waals surface area contributed by atoms with Gasteiger partial charge in [0.25, 0.3) is 0 Å². The fourth-order valence-corrected chi connectivity index (χ4v) is 4.68. The molecule has 0 saturated carbocycles. The van der Waals surface area contributed by atoms with Gasteiger partial charge in [0.1, 0.15) is 0 Å². The van der Waals surface area contributed by atoms with Crippen molar-refractivity contribution in [2.45, 2.75) is 52.1 Å². The number of nitrogens with zero attached hydrogens (tertiary/aromatic N) is 3. The van der Waals surface area contributed by atoms with E-state index >= 15 is 0 Å². The topological polar surface area (TPSA) is 31.4 Å². The van der Waals surface area contributed by atoms with Crippen molar-refractivity contribution < 1.29 is 0 Å². The molecule has 3 heterocycles. The summed E-state index contributed by atoms with van der Waals surface area (Å²) in [5, 5.41) is 4.82. The monoisotopic (exact) mass is 308 g/mol. The van der Waals surface area contributed by atoms with Gasteiger partial charge in [-0.15, -0.1) is 11.3 Å². The Bertz CT molecular complexity index is 473. The largest absolute Gasteiger partial charge is 0.345 e. The normalized spacial score (nSPS) is 24.3. The fourth-order valence-electron chi connectivity index (χ4n) is 3.55. The molecule has 2 unspecified atom stereocenters. The number of thiazole rings is 1. The van der Waals surface area contributed by atoms with Crippen molar-refractivity contribution in [3.8, 4) is 0 Å². The zero-order chi connectivity index (χ0) is 14.8. The van der Waals surface area contributed by atoms with E-state index in [9.17, 15) is 0 Å². The van der Waals surface area contributed by atoms with Crippen LogP contribution in [-0.4, -0.2) is 48.6 Å². The second kappa shape index (κ2) is 6.63. The van der Waals surface area contributed by atoms with Gasteiger partial charge in [0.15, 0.2) is 5.13 Å². The lowest BCUT2D eigenvalue weighted by Crippen LogP contribution is -2.50. The number of hydrogen-bond donors (Lipinski definition) is 1. The van der Waals surface area contributed by atoms with Crippen LogP contribution < -0.4 is 10.2 Å². The van der Waals surface area contributed by atoms with Crippen LogP contribution in [0.4, 0.5) is 5.13 Å². The van der Waals surface area contributed by atoms with Crippen molar-refractivity contribution in [2.24, 2.45) is 0 Å². The lowest BCUT2D eigenvalue weighted by Gasteiger charge is -2.37. The maximum Gasteiger partial charge on any atom is 0.185 e. The van der Waals surface area contributed by atoms with Crippen LogP contribution in [0.1, 0.15) is 49.7 Å². The molecule has 2 atom stereocenters. The first-order valence-corrected chi connectivity index (χ1v) is 9.20. The van der Waals surface area contributed by atoms with Gasteiger partial charge in [0.05, 0.1) is 5.69 Å². The summed E-state index contributed by atoms with van der Waals surface area (Å²) in [6.07, 6.45) is 3.92. The second-order valence-corrected chi connectivity index (χ2v) is 7.41. The van der Waals surface area contributed by atoms with Crippen LogP contribution in [0.2, 0.25) is 0 Å². The molecule has 118 valence electrons. The molecule has 2 saturated heterocycles. The summed E-state index contributed by atoms with van der Waals surface area (Å²) in [7, 11) is 0. The van der Waals surface area contributed by atoms with Gasteiger partial charge < -0.3 is 10.2 Å². The van der Waals surface area contributed by atoms with Crippen LogP contribution in [0.25, 0.3) is 0 Å². The molecule has 2 aliphatic rings. The van der Waals surface area contributed by atoms with Crippen molar-refractivity contribution in [3.05, 3.63) is 10.6 Å². The van der Waals surface area contributed by atoms with E-state index in [1.165, 1.54) is 54.6 Å². The molecule has 5 heteroatoms. The maximum absolute atomic E-state index is 4.86. The van der Waals surface area contributed by atoms with Gasteiger partial charge in [-0.1, -0.05) is 6.92 Å². The Labute approximate surface area is 132 Å². The van der Waals surface area contributed by atoms with Crippen molar-refractivity contribution >= 4 is 16.5 Å². The van der Waals surface area contributed by atoms with Crippen LogP contribution in [0.15, 0.2) is 0 Å². The Balaban J connectivity index is 1.68. The summed E-state index contributed by atoms with van der Waals surface area (Å²) in [4.78, 5) is 11.4. The first-order chi connectivity index (χ1) is 10.2. The predicted octanol–water partition coefficient (Wildman–Crippen LogP) is 2.80. The highest BCUT2D eigenvalue weighted by Gasteiger charge is 2.32. The molecule has 3 rings (SSSR count). The standard InChI is InChI=1S/C16H28N4S/c1-4-7-17-12(2)15-13(3)18-16(21-15)20-10-9-19-8-5-6-14(19)11-20/h12,14,17H,4-11H2,1-3H3. The van der Waals surface area contributed by atoms with E-state index < -0.39 is 0 Å². The number of anilines is 1. The van der Waals surface area contributed by atoms with Crippen LogP contribution >= 0.6 is 11.3 Å². The lowest BCUT2D eigenvalue weighted by atomic mass is 10.2. The third-order valence-electron chi connectivity index (χ3n) is 4.77. The van der Waals surface area contributed by atoms with Gasteiger partial charge in [-0.05, 0) is 46.2 Å². The quantitative estimate of drug-likeness (QED) is 0.906. The minimum absolute atomic E-state index is 0.420. The minimum atomic E-state index is 0.420. The maximum atomic E-state index is 4.86. The summed E-state index contributed by atoms with van der Waals surface area (Å²) in [5.74, 6) is 0. The van der Waals surface area contributed by atoms with Crippen LogP contribution in [0.3, 0.4) is 0 Å². The molecular weight excluding hydrogens is 280 g/mol. The van der Waals surface area contributed by atoms with Gasteiger partial charge in [-0.25, -0.2) is 4.98 Å². The summed E-state index contributed by atoms with van der Waals surface area (Å²) < 4.78 is 0. The lowest BCUT2D eigenvalue weighted by molar-refractivity contribution is 0.231. The van der Waals surface area contributed by atoms with Crippen LogP contribution in [0, 0.1) is 6.92 Å². The number of fused-ring (bicyclic) bond motifs is 1. The number of nitrogens with one attached hydrogen (secondary N) is 1. The number of hydrogen-bond acceptors (Lipinski definition) is 5. The molecule has 0 spiro atoms. The molecule has 0 radical (unpaired) electrons. The first kappa shape index (κ1) is 15.3. The van der Waals surface area contributed by atoms with Gasteiger partial charge in [0.2, 0.25) is 0 Å². The zero-order valence-electron chi connectivity index (χ0n) is 13.6. The molecule has 1 aromatic heterocycles. The molecule has 1 N–H and O–H groups in total. The van der Waals surface area contributed by atoms with Crippen molar-refractivity contribution in [3.63, 3.8) is 0 Å². The van der Waals surface area contributed by atoms with Crippen molar-refractivity contribution in [1.29, 1.82) is 0 Å². The number of rotatable bonds is 5. The van der Waals surface area contributed by atoms with E-state index in [1.807, 2.05) is 11.3 Å². The highest BCUT2D eigenvalue weighted by Crippen LogP contribution is 2.33. The number of aromatic nitrogens is 1. The summed E-state index contributed by atoms with van der Waals surface area (Å²) in [6, 6.07) is 1.19. The average molecular weight is 308 g/mol. The van der Waals surface area contributed by atoms with E-state index in [2.05, 4.69) is 35.9 Å². The highest BCUT2D eigenvalue weighted by atomic mass is 32.1. The van der Waals surface area contributed by atoms with E-state index in [0.717, 1.165) is 19.1 Å². The molecule has 2 aliphatic heterocycles. The van der Waals surface area contributed by atoms with Gasteiger partial charge in [0, 0.05) is 36.6 Å². The van der Waals surface area contributed by atoms with E-state index in [4.69, 9.17) is 4.98 Å². The molecule has 4 nitrogen and oxygen atoms in total. The summed E-state index contributed by atoms with van der Waals surface area (Å²) in [5.41, 5.74) is 1.21. The fraction of sp³-hybridized carbons (Fsp3) is 0.812. The Morgan fingerprint density at radius 1 is 1.38 bits per heavy atom. The molecule has 0 aliphatic carbocycles. The number of piperazine rings is 1. The predicted molar refractivity (Wildman–Crippen MR) is 90.4 cm³/mol. The first-order valence-electron chi connectivity index (χ1n) is 8.38. The highest BCUT2D eigenvalue weighted by molar-refractivity contribution is 7.15. The molecule has 21 heavy (non-hydrogen) atoms. The minimum Gasteiger partial charge on any atom is -0.345 e. The smallest absolute Gasteiger partial charge is 0.185 e. The Morgan fingerprint density at radius 2 is 2.24 bits per heavy atom. The molecule has 2 fully saturated rings. The Kier molecular flexibility index (Phi) is 4.82. The Morgan fingerprint density at radius 3 is 3.05 bits per heavy atom. The van der Waals surface area contributed by atoms with E-state index in [1.54, 1.807) is 0 Å². The zero-order valence-corrected chi connectivity index (χ0v) is 14.4. The van der Waals surface area contributed by atoms with Gasteiger partial charge in [-0.3, -0.25) is 4.90 Å². The van der Waals surface area contributed by atoms with E-state index in [0.29, 0.717) is 6.04 Å². The van der Waals surface area contributed by atoms with Crippen molar-refractivity contribution in [1.82, 2.24) is 15.2 Å². The van der Waals surface area contributed by atoms with Crippen LogP contribution in [-0.2, 0) is 0 Å². The van der Waals surface area contributed by atoms with E-state index in [-0.39, 0.29) is 0 Å². The van der Waals surface area contributed by atoms with Crippen molar-refractivity contribution in [2.75, 3.05) is 37.6 Å².